The molecular weight excluding hydrogens is 218 g/mol. The van der Waals surface area contributed by atoms with Gasteiger partial charge >= 0.3 is 0 Å². The summed E-state index contributed by atoms with van der Waals surface area (Å²) >= 11 is 1.91. The summed E-state index contributed by atoms with van der Waals surface area (Å²) in [5, 5.41) is 0. The average Bonchev–Trinajstić information content (AvgIpc) is 2.74. The van der Waals surface area contributed by atoms with Gasteiger partial charge in [0.2, 0.25) is 0 Å². The zero-order valence-electron chi connectivity index (χ0n) is 9.74. The average molecular weight is 237 g/mol. The van der Waals surface area contributed by atoms with Crippen molar-refractivity contribution in [1.29, 1.82) is 0 Å². The van der Waals surface area contributed by atoms with E-state index in [-0.39, 0.29) is 0 Å². The minimum Gasteiger partial charge on any atom is -0.399 e. The van der Waals surface area contributed by atoms with Crippen molar-refractivity contribution in [1.82, 2.24) is 0 Å². The molecule has 1 aliphatic rings. The first-order chi connectivity index (χ1) is 7.75. The number of aryl methyl sites for hydroxylation is 1. The fourth-order valence-electron chi connectivity index (χ4n) is 2.01. The molecule has 3 heteroatoms. The van der Waals surface area contributed by atoms with Crippen LogP contribution in [0, 0.1) is 6.92 Å². The molecule has 16 heavy (non-hydrogen) atoms. The summed E-state index contributed by atoms with van der Waals surface area (Å²) in [4.78, 5) is 1.34. The Morgan fingerprint density at radius 3 is 3.06 bits per heavy atom. The first-order valence-corrected chi connectivity index (χ1v) is 6.85. The molecule has 1 aliphatic heterocycles. The van der Waals surface area contributed by atoms with Crippen LogP contribution in [0.1, 0.15) is 24.8 Å². The van der Waals surface area contributed by atoms with E-state index in [0.717, 1.165) is 24.5 Å². The topological polar surface area (TPSA) is 35.2 Å². The lowest BCUT2D eigenvalue weighted by atomic mass is 10.2. The van der Waals surface area contributed by atoms with Crippen LogP contribution >= 0.6 is 11.8 Å². The third-order valence-electron chi connectivity index (χ3n) is 2.92. The highest BCUT2D eigenvalue weighted by atomic mass is 32.2. The second-order valence-corrected chi connectivity index (χ2v) is 5.43. The molecule has 0 radical (unpaired) electrons. The van der Waals surface area contributed by atoms with Gasteiger partial charge in [-0.1, -0.05) is 0 Å². The zero-order chi connectivity index (χ0) is 11.4. The van der Waals surface area contributed by atoms with Gasteiger partial charge < -0.3 is 10.5 Å². The van der Waals surface area contributed by atoms with E-state index < -0.39 is 0 Å². The molecule has 1 atom stereocenters. The van der Waals surface area contributed by atoms with E-state index in [1.165, 1.54) is 23.3 Å². The van der Waals surface area contributed by atoms with Crippen molar-refractivity contribution in [2.45, 2.75) is 37.2 Å². The number of ether oxygens (including phenoxy) is 1. The number of thioether (sulfide) groups is 1. The highest BCUT2D eigenvalue weighted by Gasteiger charge is 2.14. The summed E-state index contributed by atoms with van der Waals surface area (Å²) in [6.07, 6.45) is 4.13. The fourth-order valence-corrected chi connectivity index (χ4v) is 3.06. The van der Waals surface area contributed by atoms with Crippen LogP contribution in [-0.2, 0) is 4.74 Å². The van der Waals surface area contributed by atoms with Crippen LogP contribution in [0.4, 0.5) is 5.69 Å². The molecule has 0 amide bonds. The molecular formula is C13H19NOS. The van der Waals surface area contributed by atoms with Gasteiger partial charge in [-0.25, -0.2) is 0 Å². The maximum absolute atomic E-state index is 5.73. The molecule has 0 spiro atoms. The van der Waals surface area contributed by atoms with Gasteiger partial charge in [-0.05, 0) is 49.9 Å². The quantitative estimate of drug-likeness (QED) is 0.645. The molecule has 1 saturated heterocycles. The Morgan fingerprint density at radius 2 is 2.38 bits per heavy atom. The number of nitrogen functional groups attached to an aromatic ring is 1. The summed E-state index contributed by atoms with van der Waals surface area (Å²) in [6.45, 7) is 3.07. The molecule has 0 aliphatic carbocycles. The summed E-state index contributed by atoms with van der Waals surface area (Å²) in [5.41, 5.74) is 7.85. The summed E-state index contributed by atoms with van der Waals surface area (Å²) in [5.74, 6) is 1.13. The minimum atomic E-state index is 0.501. The Morgan fingerprint density at radius 1 is 1.50 bits per heavy atom. The first kappa shape index (κ1) is 11.8. The Hall–Kier alpha value is -0.670. The van der Waals surface area contributed by atoms with Gasteiger partial charge in [0.1, 0.15) is 0 Å². The molecule has 1 aromatic rings. The van der Waals surface area contributed by atoms with Crippen LogP contribution in [0.3, 0.4) is 0 Å². The normalized spacial score (nSPS) is 20.2. The number of hydrogen-bond donors (Lipinski definition) is 1. The standard InChI is InChI=1S/C13H19NOS/c1-10-9-11(14)4-5-13(10)16-8-6-12-3-2-7-15-12/h4-5,9,12H,2-3,6-8,14H2,1H3. The number of rotatable bonds is 4. The van der Waals surface area contributed by atoms with Crippen LogP contribution in [0.15, 0.2) is 23.1 Å². The van der Waals surface area contributed by atoms with Crippen LogP contribution in [-0.4, -0.2) is 18.5 Å². The monoisotopic (exact) mass is 237 g/mol. The third kappa shape index (κ3) is 3.16. The lowest BCUT2D eigenvalue weighted by molar-refractivity contribution is 0.109. The molecule has 1 heterocycles. The van der Waals surface area contributed by atoms with Gasteiger partial charge in [0, 0.05) is 22.9 Å². The predicted molar refractivity (Wildman–Crippen MR) is 69.9 cm³/mol. The van der Waals surface area contributed by atoms with Crippen LogP contribution in [0.5, 0.6) is 0 Å². The third-order valence-corrected chi connectivity index (χ3v) is 4.13. The molecule has 2 N–H and O–H groups in total. The van der Waals surface area contributed by atoms with E-state index in [9.17, 15) is 0 Å². The van der Waals surface area contributed by atoms with Gasteiger partial charge in [-0.15, -0.1) is 11.8 Å². The molecule has 1 fully saturated rings. The lowest BCUT2D eigenvalue weighted by Crippen LogP contribution is -2.05. The number of nitrogens with two attached hydrogens (primary N) is 1. The van der Waals surface area contributed by atoms with Gasteiger partial charge in [-0.2, -0.15) is 0 Å². The van der Waals surface area contributed by atoms with Crippen LogP contribution in [0.25, 0.3) is 0 Å². The lowest BCUT2D eigenvalue weighted by Gasteiger charge is -2.10. The van der Waals surface area contributed by atoms with Crippen molar-refractivity contribution in [2.75, 3.05) is 18.1 Å². The molecule has 0 aromatic heterocycles. The number of anilines is 1. The van der Waals surface area contributed by atoms with Gasteiger partial charge in [-0.3, -0.25) is 0 Å². The Labute approximate surface area is 102 Å². The van der Waals surface area contributed by atoms with E-state index in [4.69, 9.17) is 10.5 Å². The summed E-state index contributed by atoms with van der Waals surface area (Å²) in [7, 11) is 0. The van der Waals surface area contributed by atoms with Gasteiger partial charge in [0.25, 0.3) is 0 Å². The Balaban J connectivity index is 1.80. The van der Waals surface area contributed by atoms with Crippen molar-refractivity contribution >= 4 is 17.4 Å². The molecule has 1 unspecified atom stereocenters. The van der Waals surface area contributed by atoms with Crippen molar-refractivity contribution in [3.63, 3.8) is 0 Å². The molecule has 88 valence electrons. The van der Waals surface area contributed by atoms with Gasteiger partial charge in [0.05, 0.1) is 6.10 Å². The summed E-state index contributed by atoms with van der Waals surface area (Å²) in [6, 6.07) is 6.13. The second-order valence-electron chi connectivity index (χ2n) is 4.30. The maximum atomic E-state index is 5.73. The molecule has 1 aromatic carbocycles. The summed E-state index contributed by atoms with van der Waals surface area (Å²) < 4.78 is 5.61. The fraction of sp³-hybridized carbons (Fsp3) is 0.538. The van der Waals surface area contributed by atoms with E-state index in [1.54, 1.807) is 0 Å². The number of benzene rings is 1. The maximum Gasteiger partial charge on any atom is 0.0584 e. The molecule has 0 saturated carbocycles. The van der Waals surface area contributed by atoms with E-state index in [0.29, 0.717) is 6.10 Å². The SMILES string of the molecule is Cc1cc(N)ccc1SCCC1CCCO1. The minimum absolute atomic E-state index is 0.501. The molecule has 2 rings (SSSR count). The largest absolute Gasteiger partial charge is 0.399 e. The van der Waals surface area contributed by atoms with Crippen molar-refractivity contribution < 1.29 is 4.74 Å². The van der Waals surface area contributed by atoms with E-state index in [2.05, 4.69) is 13.0 Å². The smallest absolute Gasteiger partial charge is 0.0584 e. The van der Waals surface area contributed by atoms with Crippen molar-refractivity contribution in [3.8, 4) is 0 Å². The Bertz CT molecular complexity index is 348. The van der Waals surface area contributed by atoms with Crippen LogP contribution < -0.4 is 5.73 Å². The molecule has 2 nitrogen and oxygen atoms in total. The van der Waals surface area contributed by atoms with Crippen molar-refractivity contribution in [2.24, 2.45) is 0 Å². The van der Waals surface area contributed by atoms with E-state index >= 15 is 0 Å². The Kier molecular flexibility index (Phi) is 4.13. The van der Waals surface area contributed by atoms with Crippen LogP contribution in [0.2, 0.25) is 0 Å². The van der Waals surface area contributed by atoms with E-state index in [1.807, 2.05) is 23.9 Å². The highest BCUT2D eigenvalue weighted by Crippen LogP contribution is 2.26. The zero-order valence-corrected chi connectivity index (χ0v) is 10.6. The molecule has 0 bridgehead atoms. The first-order valence-electron chi connectivity index (χ1n) is 5.86. The highest BCUT2D eigenvalue weighted by molar-refractivity contribution is 7.99. The second kappa shape index (κ2) is 5.60. The van der Waals surface area contributed by atoms with Gasteiger partial charge in [0.15, 0.2) is 0 Å². The predicted octanol–water partition coefficient (Wildman–Crippen LogP) is 3.24. The van der Waals surface area contributed by atoms with Crippen molar-refractivity contribution in [3.05, 3.63) is 23.8 Å². The number of hydrogen-bond acceptors (Lipinski definition) is 3.